The van der Waals surface area contributed by atoms with Crippen molar-refractivity contribution < 1.29 is 0 Å². The van der Waals surface area contributed by atoms with Crippen molar-refractivity contribution in [1.29, 1.82) is 0 Å². The fourth-order valence-electron chi connectivity index (χ4n) is 2.92. The Morgan fingerprint density at radius 1 is 0.696 bits per heavy atom. The minimum Gasteiger partial charge on any atom is -0.0760 e. The molecule has 1 aromatic carbocycles. The van der Waals surface area contributed by atoms with Crippen LogP contribution in [0.5, 0.6) is 0 Å². The van der Waals surface area contributed by atoms with E-state index in [0.717, 1.165) is 6.42 Å². The van der Waals surface area contributed by atoms with E-state index in [9.17, 15) is 0 Å². The molecule has 0 aliphatic rings. The van der Waals surface area contributed by atoms with Gasteiger partial charge in [0.25, 0.3) is 0 Å². The molecule has 0 aromatic heterocycles. The Morgan fingerprint density at radius 3 is 1.91 bits per heavy atom. The van der Waals surface area contributed by atoms with Gasteiger partial charge in [0.2, 0.25) is 0 Å². The predicted molar refractivity (Wildman–Crippen MR) is 104 cm³/mol. The van der Waals surface area contributed by atoms with Crippen LogP contribution in [0.2, 0.25) is 0 Å². The Kier molecular flexibility index (Phi) is 12.7. The van der Waals surface area contributed by atoms with Crippen molar-refractivity contribution in [3.63, 3.8) is 0 Å². The molecule has 0 spiro atoms. The third-order valence-electron chi connectivity index (χ3n) is 4.49. The minimum atomic E-state index is 1.16. The van der Waals surface area contributed by atoms with Crippen LogP contribution < -0.4 is 0 Å². The second-order valence-corrected chi connectivity index (χ2v) is 6.77. The number of hydrogen-bond donors (Lipinski definition) is 0. The predicted octanol–water partition coefficient (Wildman–Crippen LogP) is 7.66. The quantitative estimate of drug-likeness (QED) is 0.309. The topological polar surface area (TPSA) is 0 Å². The summed E-state index contributed by atoms with van der Waals surface area (Å²) in [5.41, 5.74) is 2.70. The van der Waals surface area contributed by atoms with Crippen molar-refractivity contribution in [2.24, 2.45) is 0 Å². The summed E-state index contributed by atoms with van der Waals surface area (Å²) >= 11 is 0. The zero-order chi connectivity index (χ0) is 16.6. The van der Waals surface area contributed by atoms with E-state index in [2.05, 4.69) is 50.3 Å². The van der Waals surface area contributed by atoms with E-state index in [4.69, 9.17) is 0 Å². The first-order chi connectivity index (χ1) is 11.4. The van der Waals surface area contributed by atoms with Gasteiger partial charge in [-0.1, -0.05) is 102 Å². The van der Waals surface area contributed by atoms with E-state index in [0.29, 0.717) is 0 Å². The van der Waals surface area contributed by atoms with Crippen molar-refractivity contribution in [3.8, 4) is 0 Å². The maximum Gasteiger partial charge on any atom is -0.0149 e. The molecule has 1 rings (SSSR count). The van der Waals surface area contributed by atoms with Gasteiger partial charge in [-0.25, -0.2) is 0 Å². The molecule has 0 saturated heterocycles. The molecule has 0 aliphatic carbocycles. The Bertz CT molecular complexity index is 385. The first-order valence-corrected chi connectivity index (χ1v) is 10.0. The third kappa shape index (κ3) is 11.2. The summed E-state index contributed by atoms with van der Waals surface area (Å²) < 4.78 is 0. The van der Waals surface area contributed by atoms with Crippen LogP contribution in [0.4, 0.5) is 0 Å². The summed E-state index contributed by atoms with van der Waals surface area (Å²) in [5.74, 6) is 0. The van der Waals surface area contributed by atoms with Crippen LogP contribution in [0.15, 0.2) is 30.3 Å². The number of aryl methyl sites for hydroxylation is 1. The molecule has 0 bridgehead atoms. The molecule has 0 N–H and O–H groups in total. The van der Waals surface area contributed by atoms with E-state index in [-0.39, 0.29) is 0 Å². The van der Waals surface area contributed by atoms with Crippen molar-refractivity contribution >= 4 is 0 Å². The maximum atomic E-state index is 3.41. The number of hydrogen-bond acceptors (Lipinski definition) is 0. The minimum absolute atomic E-state index is 1.16. The number of rotatable bonds is 14. The molecule has 0 saturated carbocycles. The van der Waals surface area contributed by atoms with E-state index in [1.807, 2.05) is 0 Å². The van der Waals surface area contributed by atoms with Crippen molar-refractivity contribution in [2.75, 3.05) is 0 Å². The first kappa shape index (κ1) is 20.0. The fourth-order valence-corrected chi connectivity index (χ4v) is 2.92. The Hall–Kier alpha value is -1.04. The molecule has 1 radical (unpaired) electrons. The smallest absolute Gasteiger partial charge is 0.0149 e. The van der Waals surface area contributed by atoms with Crippen molar-refractivity contribution in [1.82, 2.24) is 0 Å². The van der Waals surface area contributed by atoms with Gasteiger partial charge in [-0.05, 0) is 42.9 Å². The van der Waals surface area contributed by atoms with Crippen LogP contribution in [0.25, 0.3) is 0 Å². The highest BCUT2D eigenvalue weighted by Gasteiger charge is 1.95. The molecular weight excluding hydrogens is 276 g/mol. The van der Waals surface area contributed by atoms with E-state index in [1.54, 1.807) is 0 Å². The lowest BCUT2D eigenvalue weighted by Crippen LogP contribution is -1.87. The third-order valence-corrected chi connectivity index (χ3v) is 4.49. The zero-order valence-electron chi connectivity index (χ0n) is 15.6. The summed E-state index contributed by atoms with van der Waals surface area (Å²) in [6.45, 7) is 4.53. The average Bonchev–Trinajstić information content (AvgIpc) is 2.58. The molecule has 0 nitrogen and oxygen atoms in total. The molecule has 0 heterocycles. The highest BCUT2D eigenvalue weighted by molar-refractivity contribution is 5.27. The van der Waals surface area contributed by atoms with Crippen molar-refractivity contribution in [2.45, 2.75) is 97.3 Å². The van der Waals surface area contributed by atoms with Gasteiger partial charge in [0.15, 0.2) is 0 Å². The van der Waals surface area contributed by atoms with Crippen LogP contribution in [0.3, 0.4) is 0 Å². The molecule has 0 heteroatoms. The molecule has 129 valence electrons. The highest BCUT2D eigenvalue weighted by Crippen LogP contribution is 2.12. The Balaban J connectivity index is 2.09. The summed E-state index contributed by atoms with van der Waals surface area (Å²) in [7, 11) is 0. The lowest BCUT2D eigenvalue weighted by atomic mass is 10.0. The fraction of sp³-hybridized carbons (Fsp3) is 0.652. The van der Waals surface area contributed by atoms with Gasteiger partial charge in [0.05, 0.1) is 0 Å². The summed E-state index contributed by atoms with van der Waals surface area (Å²) in [6, 6.07) is 9.00. The van der Waals surface area contributed by atoms with Gasteiger partial charge in [0.1, 0.15) is 0 Å². The van der Waals surface area contributed by atoms with Gasteiger partial charge in [-0.15, -0.1) is 0 Å². The SMILES string of the molecule is CCCCC/C=[C]\c1ccc(CCCCCCCCCC)cc1. The van der Waals surface area contributed by atoms with Crippen LogP contribution in [0.1, 0.15) is 102 Å². The van der Waals surface area contributed by atoms with Crippen LogP contribution in [-0.2, 0) is 6.42 Å². The Morgan fingerprint density at radius 2 is 1.26 bits per heavy atom. The summed E-state index contributed by atoms with van der Waals surface area (Å²) in [6.07, 6.45) is 23.1. The van der Waals surface area contributed by atoms with Crippen LogP contribution >= 0.6 is 0 Å². The molecular formula is C23H37. The van der Waals surface area contributed by atoms with Gasteiger partial charge < -0.3 is 0 Å². The maximum absolute atomic E-state index is 3.41. The number of allylic oxidation sites excluding steroid dienone is 1. The van der Waals surface area contributed by atoms with E-state index >= 15 is 0 Å². The number of unbranched alkanes of at least 4 members (excludes halogenated alkanes) is 10. The lowest BCUT2D eigenvalue weighted by Gasteiger charge is -2.03. The van der Waals surface area contributed by atoms with Gasteiger partial charge >= 0.3 is 0 Å². The van der Waals surface area contributed by atoms with Crippen LogP contribution in [-0.4, -0.2) is 0 Å². The van der Waals surface area contributed by atoms with Crippen molar-refractivity contribution in [3.05, 3.63) is 47.5 Å². The molecule has 0 amide bonds. The van der Waals surface area contributed by atoms with Gasteiger partial charge in [-0.2, -0.15) is 0 Å². The second-order valence-electron chi connectivity index (χ2n) is 6.77. The van der Waals surface area contributed by atoms with Crippen LogP contribution in [0, 0.1) is 6.08 Å². The molecule has 0 unspecified atom stereocenters. The molecule has 0 atom stereocenters. The zero-order valence-corrected chi connectivity index (χ0v) is 15.6. The second kappa shape index (κ2) is 14.5. The van der Waals surface area contributed by atoms with Gasteiger partial charge in [0, 0.05) is 0 Å². The first-order valence-electron chi connectivity index (χ1n) is 10.0. The van der Waals surface area contributed by atoms with E-state index < -0.39 is 0 Å². The molecule has 23 heavy (non-hydrogen) atoms. The Labute approximate surface area is 145 Å². The summed E-state index contributed by atoms with van der Waals surface area (Å²) in [4.78, 5) is 0. The molecule has 0 aliphatic heterocycles. The average molecular weight is 314 g/mol. The number of benzene rings is 1. The van der Waals surface area contributed by atoms with E-state index in [1.165, 1.54) is 88.2 Å². The molecule has 1 aromatic rings. The highest BCUT2D eigenvalue weighted by atomic mass is 14.0. The normalized spacial score (nSPS) is 11.4. The standard InChI is InChI=1S/C23H37/c1-3-5-7-9-10-11-13-15-17-23-20-18-22(19-21-23)16-14-12-8-6-4-2/h14,18-21H,3-13,15,17H2,1-2H3. The summed E-state index contributed by atoms with van der Waals surface area (Å²) in [5, 5.41) is 0. The monoisotopic (exact) mass is 313 g/mol. The lowest BCUT2D eigenvalue weighted by molar-refractivity contribution is 0.575. The molecule has 0 fully saturated rings. The van der Waals surface area contributed by atoms with Gasteiger partial charge in [-0.3, -0.25) is 0 Å². The largest absolute Gasteiger partial charge is 0.0760 e.